The molecule has 0 fully saturated rings. The van der Waals surface area contributed by atoms with E-state index in [-0.39, 0.29) is 0 Å². The molecule has 0 spiro atoms. The molecule has 0 amide bonds. The van der Waals surface area contributed by atoms with Gasteiger partial charge in [-0.25, -0.2) is 0 Å². The second-order valence-electron chi connectivity index (χ2n) is 2.58. The molecule has 0 bridgehead atoms. The molecule has 0 saturated heterocycles. The number of aromatic nitrogens is 2. The zero-order chi connectivity index (χ0) is 8.81. The highest BCUT2D eigenvalue weighted by Crippen LogP contribution is 1.93. The first-order valence-corrected chi connectivity index (χ1v) is 4.49. The van der Waals surface area contributed by atoms with E-state index in [1.54, 1.807) is 0 Å². The molecule has 1 aromatic rings. The molecule has 0 unspecified atom stereocenters. The molecule has 1 aromatic heterocycles. The number of aryl methyl sites for hydroxylation is 1. The average Bonchev–Trinajstić information content (AvgIpc) is 2.45. The lowest BCUT2D eigenvalue weighted by atomic mass is 10.4. The van der Waals surface area contributed by atoms with Gasteiger partial charge >= 0.3 is 0 Å². The van der Waals surface area contributed by atoms with Crippen molar-refractivity contribution in [2.75, 3.05) is 19.1 Å². The van der Waals surface area contributed by atoms with Gasteiger partial charge in [-0.3, -0.25) is 4.68 Å². The van der Waals surface area contributed by atoms with Crippen LogP contribution in [0.1, 0.15) is 5.56 Å². The molecule has 1 heterocycles. The first-order valence-electron chi connectivity index (χ1n) is 3.95. The van der Waals surface area contributed by atoms with Crippen LogP contribution in [-0.4, -0.2) is 28.9 Å². The summed E-state index contributed by atoms with van der Waals surface area (Å²) in [5.74, 6) is 0.554. The van der Waals surface area contributed by atoms with Gasteiger partial charge in [0, 0.05) is 12.1 Å². The van der Waals surface area contributed by atoms with Crippen LogP contribution >= 0.6 is 11.6 Å². The molecule has 0 radical (unpaired) electrons. The van der Waals surface area contributed by atoms with Gasteiger partial charge in [-0.2, -0.15) is 5.10 Å². The molecular weight excluding hydrogens is 176 g/mol. The Hall–Kier alpha value is -0.540. The summed E-state index contributed by atoms with van der Waals surface area (Å²) in [6.07, 6.45) is 3.83. The van der Waals surface area contributed by atoms with Gasteiger partial charge < -0.3 is 4.74 Å². The van der Waals surface area contributed by atoms with Gasteiger partial charge in [-0.05, 0) is 12.5 Å². The fourth-order valence-electron chi connectivity index (χ4n) is 0.904. The van der Waals surface area contributed by atoms with Gasteiger partial charge in [0.15, 0.2) is 0 Å². The fourth-order valence-corrected chi connectivity index (χ4v) is 1.01. The van der Waals surface area contributed by atoms with Gasteiger partial charge in [0.05, 0.1) is 26.0 Å². The summed E-state index contributed by atoms with van der Waals surface area (Å²) in [6, 6.07) is 0. The summed E-state index contributed by atoms with van der Waals surface area (Å²) in [4.78, 5) is 0. The van der Waals surface area contributed by atoms with E-state index in [9.17, 15) is 0 Å². The molecule has 0 atom stereocenters. The lowest BCUT2D eigenvalue weighted by Gasteiger charge is -2.01. The Kier molecular flexibility index (Phi) is 4.11. The molecule has 68 valence electrons. The largest absolute Gasteiger partial charge is 0.378 e. The zero-order valence-electron chi connectivity index (χ0n) is 7.16. The Morgan fingerprint density at radius 1 is 1.58 bits per heavy atom. The smallest absolute Gasteiger partial charge is 0.0663 e. The van der Waals surface area contributed by atoms with Crippen molar-refractivity contribution in [3.63, 3.8) is 0 Å². The van der Waals surface area contributed by atoms with E-state index in [0.717, 1.165) is 6.54 Å². The van der Waals surface area contributed by atoms with Crippen molar-refractivity contribution in [3.8, 4) is 0 Å². The first-order chi connectivity index (χ1) is 5.83. The molecule has 0 aliphatic heterocycles. The minimum absolute atomic E-state index is 0.554. The quantitative estimate of drug-likeness (QED) is 0.517. The maximum absolute atomic E-state index is 5.44. The number of nitrogens with zero attached hydrogens (tertiary/aromatic N) is 2. The van der Waals surface area contributed by atoms with Crippen LogP contribution in [0.2, 0.25) is 0 Å². The molecule has 0 aliphatic carbocycles. The molecule has 12 heavy (non-hydrogen) atoms. The highest BCUT2D eigenvalue weighted by Gasteiger charge is 1.92. The Balaban J connectivity index is 2.15. The summed E-state index contributed by atoms with van der Waals surface area (Å²) in [7, 11) is 0. The SMILES string of the molecule is Cc1cnn(CCOCCCl)c1. The van der Waals surface area contributed by atoms with Crippen LogP contribution in [-0.2, 0) is 11.3 Å². The number of hydrogen-bond donors (Lipinski definition) is 0. The van der Waals surface area contributed by atoms with Gasteiger partial charge in [-0.1, -0.05) is 0 Å². The number of halogens is 1. The minimum atomic E-state index is 0.554. The summed E-state index contributed by atoms with van der Waals surface area (Å²) >= 11 is 5.44. The third kappa shape index (κ3) is 3.24. The van der Waals surface area contributed by atoms with E-state index in [1.165, 1.54) is 5.56 Å². The molecular formula is C8H13ClN2O. The van der Waals surface area contributed by atoms with Crippen LogP contribution in [0.15, 0.2) is 12.4 Å². The standard InChI is InChI=1S/C8H13ClN2O/c1-8-6-10-11(7-8)3-5-12-4-2-9/h6-7H,2-5H2,1H3. The van der Waals surface area contributed by atoms with Gasteiger partial charge in [0.1, 0.15) is 0 Å². The monoisotopic (exact) mass is 188 g/mol. The first kappa shape index (κ1) is 9.55. The van der Waals surface area contributed by atoms with E-state index in [0.29, 0.717) is 19.1 Å². The normalized spacial score (nSPS) is 10.5. The van der Waals surface area contributed by atoms with E-state index >= 15 is 0 Å². The molecule has 1 rings (SSSR count). The molecule has 3 nitrogen and oxygen atoms in total. The van der Waals surface area contributed by atoms with Crippen molar-refractivity contribution in [2.24, 2.45) is 0 Å². The molecule has 0 aliphatic rings. The maximum Gasteiger partial charge on any atom is 0.0663 e. The summed E-state index contributed by atoms with van der Waals surface area (Å²) in [5.41, 5.74) is 1.17. The lowest BCUT2D eigenvalue weighted by Crippen LogP contribution is -2.07. The number of alkyl halides is 1. The van der Waals surface area contributed by atoms with Crippen LogP contribution in [0.5, 0.6) is 0 Å². The van der Waals surface area contributed by atoms with Crippen LogP contribution in [0, 0.1) is 6.92 Å². The zero-order valence-corrected chi connectivity index (χ0v) is 7.92. The van der Waals surface area contributed by atoms with Crippen molar-refractivity contribution < 1.29 is 4.74 Å². The lowest BCUT2D eigenvalue weighted by molar-refractivity contribution is 0.138. The molecule has 4 heteroatoms. The van der Waals surface area contributed by atoms with E-state index in [2.05, 4.69) is 5.10 Å². The molecule has 0 aromatic carbocycles. The van der Waals surface area contributed by atoms with Gasteiger partial charge in [0.25, 0.3) is 0 Å². The predicted octanol–water partition coefficient (Wildman–Crippen LogP) is 1.45. The van der Waals surface area contributed by atoms with E-state index in [4.69, 9.17) is 16.3 Å². The van der Waals surface area contributed by atoms with Crippen molar-refractivity contribution in [1.29, 1.82) is 0 Å². The van der Waals surface area contributed by atoms with Crippen molar-refractivity contribution in [3.05, 3.63) is 18.0 Å². The number of hydrogen-bond acceptors (Lipinski definition) is 2. The Labute approximate surface area is 77.3 Å². The Bertz CT molecular complexity index is 225. The summed E-state index contributed by atoms with van der Waals surface area (Å²) < 4.78 is 7.07. The topological polar surface area (TPSA) is 27.1 Å². The van der Waals surface area contributed by atoms with Crippen LogP contribution in [0.25, 0.3) is 0 Å². The fraction of sp³-hybridized carbons (Fsp3) is 0.625. The van der Waals surface area contributed by atoms with Gasteiger partial charge in [0.2, 0.25) is 0 Å². The highest BCUT2D eigenvalue weighted by molar-refractivity contribution is 6.17. The third-order valence-electron chi connectivity index (χ3n) is 1.45. The predicted molar refractivity (Wildman–Crippen MR) is 48.5 cm³/mol. The minimum Gasteiger partial charge on any atom is -0.378 e. The molecule has 0 saturated carbocycles. The van der Waals surface area contributed by atoms with Crippen molar-refractivity contribution in [2.45, 2.75) is 13.5 Å². The Morgan fingerprint density at radius 2 is 2.42 bits per heavy atom. The average molecular weight is 189 g/mol. The number of ether oxygens (including phenoxy) is 1. The van der Waals surface area contributed by atoms with Crippen molar-refractivity contribution in [1.82, 2.24) is 9.78 Å². The van der Waals surface area contributed by atoms with E-state index in [1.807, 2.05) is 24.0 Å². The second-order valence-corrected chi connectivity index (χ2v) is 2.96. The van der Waals surface area contributed by atoms with Crippen LogP contribution < -0.4 is 0 Å². The van der Waals surface area contributed by atoms with Gasteiger partial charge in [-0.15, -0.1) is 11.6 Å². The molecule has 0 N–H and O–H groups in total. The number of rotatable bonds is 5. The van der Waals surface area contributed by atoms with Crippen molar-refractivity contribution >= 4 is 11.6 Å². The van der Waals surface area contributed by atoms with E-state index < -0.39 is 0 Å². The summed E-state index contributed by atoms with van der Waals surface area (Å²) in [5, 5.41) is 4.12. The Morgan fingerprint density at radius 3 is 3.00 bits per heavy atom. The second kappa shape index (κ2) is 5.17. The highest BCUT2D eigenvalue weighted by atomic mass is 35.5. The maximum atomic E-state index is 5.44. The van der Waals surface area contributed by atoms with Crippen LogP contribution in [0.3, 0.4) is 0 Å². The van der Waals surface area contributed by atoms with Crippen LogP contribution in [0.4, 0.5) is 0 Å². The third-order valence-corrected chi connectivity index (χ3v) is 1.60. The summed E-state index contributed by atoms with van der Waals surface area (Å²) in [6.45, 7) is 4.10.